The van der Waals surface area contributed by atoms with E-state index in [1.165, 1.54) is 12.1 Å². The largest absolute Gasteiger partial charge is 0.462 e. The van der Waals surface area contributed by atoms with Crippen LogP contribution in [0.1, 0.15) is 37.0 Å². The molecule has 0 aliphatic carbocycles. The summed E-state index contributed by atoms with van der Waals surface area (Å²) in [4.78, 5) is 11.8. The van der Waals surface area contributed by atoms with Crippen molar-refractivity contribution in [2.45, 2.75) is 26.7 Å². The minimum absolute atomic E-state index is 0.176. The average molecular weight is 310 g/mol. The van der Waals surface area contributed by atoms with E-state index in [1.807, 2.05) is 0 Å². The molecule has 1 atom stereocenters. The van der Waals surface area contributed by atoms with Crippen LogP contribution in [0.5, 0.6) is 0 Å². The lowest BCUT2D eigenvalue weighted by atomic mass is 10.1. The molecule has 0 spiro atoms. The van der Waals surface area contributed by atoms with Gasteiger partial charge in [-0.05, 0) is 24.5 Å². The quantitative estimate of drug-likeness (QED) is 0.549. The maximum Gasteiger partial charge on any atom is 0.339 e. The molecule has 0 N–H and O–H groups in total. The molecule has 0 radical (unpaired) electrons. The number of hydrogen-bond acceptors (Lipinski definition) is 2. The van der Waals surface area contributed by atoms with Crippen molar-refractivity contribution in [3.63, 3.8) is 0 Å². The number of hydrogen-bond donors (Lipinski definition) is 0. The summed E-state index contributed by atoms with van der Waals surface area (Å²) < 4.78 is 5.15. The molecule has 0 amide bonds. The second-order valence-corrected chi connectivity index (χ2v) is 5.41. The van der Waals surface area contributed by atoms with Crippen LogP contribution in [0.3, 0.4) is 0 Å². The number of ether oxygens (including phenoxy) is 1. The van der Waals surface area contributed by atoms with Crippen molar-refractivity contribution in [1.82, 2.24) is 0 Å². The van der Waals surface area contributed by atoms with Crippen molar-refractivity contribution >= 4 is 40.8 Å². The van der Waals surface area contributed by atoms with Gasteiger partial charge in [0.05, 0.1) is 22.2 Å². The topological polar surface area (TPSA) is 26.3 Å². The van der Waals surface area contributed by atoms with Gasteiger partial charge in [0.1, 0.15) is 0 Å². The van der Waals surface area contributed by atoms with Crippen LogP contribution in [-0.4, -0.2) is 12.6 Å². The van der Waals surface area contributed by atoms with Gasteiger partial charge in [-0.25, -0.2) is 4.79 Å². The van der Waals surface area contributed by atoms with Gasteiger partial charge in [0.25, 0.3) is 0 Å². The van der Waals surface area contributed by atoms with Crippen LogP contribution < -0.4 is 0 Å². The Morgan fingerprint density at radius 1 is 1.33 bits per heavy atom. The molecule has 0 aromatic heterocycles. The molecular formula is C13H15Cl3O2. The molecule has 0 fully saturated rings. The second kappa shape index (κ2) is 7.22. The second-order valence-electron chi connectivity index (χ2n) is 4.19. The number of carbonyl (C=O) groups is 1. The van der Waals surface area contributed by atoms with Crippen molar-refractivity contribution in [2.75, 3.05) is 6.61 Å². The highest BCUT2D eigenvalue weighted by Crippen LogP contribution is 2.30. The van der Waals surface area contributed by atoms with E-state index < -0.39 is 5.97 Å². The van der Waals surface area contributed by atoms with Crippen molar-refractivity contribution in [2.24, 2.45) is 5.92 Å². The summed E-state index contributed by atoms with van der Waals surface area (Å²) in [5.74, 6) is 0.0314. The maximum absolute atomic E-state index is 11.8. The third-order valence-electron chi connectivity index (χ3n) is 2.75. The molecule has 0 saturated heterocycles. The summed E-state index contributed by atoms with van der Waals surface area (Å²) in [6.45, 7) is 4.57. The van der Waals surface area contributed by atoms with Crippen molar-refractivity contribution in [3.05, 3.63) is 32.8 Å². The molecule has 2 nitrogen and oxygen atoms in total. The Morgan fingerprint density at radius 2 is 2.00 bits per heavy atom. The van der Waals surface area contributed by atoms with Gasteiger partial charge in [0.15, 0.2) is 0 Å². The highest BCUT2D eigenvalue weighted by Gasteiger charge is 2.16. The third kappa shape index (κ3) is 4.34. The Labute approximate surface area is 122 Å². The summed E-state index contributed by atoms with van der Waals surface area (Å²) in [5, 5.41) is 0.783. The van der Waals surface area contributed by atoms with Gasteiger partial charge in [-0.2, -0.15) is 0 Å². The zero-order valence-corrected chi connectivity index (χ0v) is 12.6. The van der Waals surface area contributed by atoms with Gasteiger partial charge >= 0.3 is 5.97 Å². The van der Waals surface area contributed by atoms with Gasteiger partial charge in [0, 0.05) is 5.02 Å². The van der Waals surface area contributed by atoms with Crippen LogP contribution in [0.4, 0.5) is 0 Å². The number of carbonyl (C=O) groups excluding carboxylic acids is 1. The van der Waals surface area contributed by atoms with Gasteiger partial charge in [-0.15, -0.1) is 0 Å². The fourth-order valence-corrected chi connectivity index (χ4v) is 2.02. The van der Waals surface area contributed by atoms with Crippen molar-refractivity contribution in [3.8, 4) is 0 Å². The average Bonchev–Trinajstić information content (AvgIpc) is 2.33. The molecule has 5 heteroatoms. The molecule has 1 rings (SSSR count). The normalized spacial score (nSPS) is 12.3. The molecule has 0 aliphatic rings. The van der Waals surface area contributed by atoms with E-state index in [0.29, 0.717) is 17.5 Å². The number of benzene rings is 1. The fourth-order valence-electron chi connectivity index (χ4n) is 1.34. The number of esters is 1. The Kier molecular flexibility index (Phi) is 6.27. The van der Waals surface area contributed by atoms with Crippen molar-refractivity contribution in [1.29, 1.82) is 0 Å². The van der Waals surface area contributed by atoms with Gasteiger partial charge < -0.3 is 4.74 Å². The molecule has 0 bridgehead atoms. The lowest BCUT2D eigenvalue weighted by Crippen LogP contribution is -2.09. The Hall–Kier alpha value is -0.440. The summed E-state index contributed by atoms with van der Waals surface area (Å²) in [7, 11) is 0. The van der Waals surface area contributed by atoms with Crippen molar-refractivity contribution < 1.29 is 9.53 Å². The smallest absolute Gasteiger partial charge is 0.339 e. The maximum atomic E-state index is 11.8. The Balaban J connectivity index is 2.67. The summed E-state index contributed by atoms with van der Waals surface area (Å²) in [5.41, 5.74) is 0.207. The predicted octanol–water partition coefficient (Wildman–Crippen LogP) is 5.24. The zero-order chi connectivity index (χ0) is 13.7. The third-order valence-corrected chi connectivity index (χ3v) is 3.77. The summed E-state index contributed by atoms with van der Waals surface area (Å²) >= 11 is 17.6. The molecule has 0 heterocycles. The number of rotatable bonds is 5. The first-order valence-corrected chi connectivity index (χ1v) is 6.90. The highest BCUT2D eigenvalue weighted by atomic mass is 35.5. The minimum Gasteiger partial charge on any atom is -0.462 e. The van der Waals surface area contributed by atoms with Gasteiger partial charge in [0.2, 0.25) is 0 Å². The van der Waals surface area contributed by atoms with Crippen LogP contribution >= 0.6 is 34.8 Å². The SMILES string of the molecule is CCC(C)CCOC(=O)c1cc(Cl)cc(Cl)c1Cl. The van der Waals surface area contributed by atoms with Crippen LogP contribution in [0.15, 0.2) is 12.1 Å². The molecule has 1 aromatic carbocycles. The summed E-state index contributed by atoms with van der Waals surface area (Å²) in [6.07, 6.45) is 1.88. The van der Waals surface area contributed by atoms with Crippen LogP contribution in [0, 0.1) is 5.92 Å². The van der Waals surface area contributed by atoms with Crippen LogP contribution in [0.2, 0.25) is 15.1 Å². The van der Waals surface area contributed by atoms with Gasteiger partial charge in [-0.1, -0.05) is 55.1 Å². The van der Waals surface area contributed by atoms with E-state index >= 15 is 0 Å². The lowest BCUT2D eigenvalue weighted by molar-refractivity contribution is 0.0485. The molecule has 1 aromatic rings. The zero-order valence-electron chi connectivity index (χ0n) is 10.3. The fraction of sp³-hybridized carbons (Fsp3) is 0.462. The molecule has 0 saturated carbocycles. The molecule has 1 unspecified atom stereocenters. The molecule has 0 aliphatic heterocycles. The Bertz CT molecular complexity index is 432. The van der Waals surface area contributed by atoms with E-state index in [1.54, 1.807) is 0 Å². The van der Waals surface area contributed by atoms with Crippen LogP contribution in [0.25, 0.3) is 0 Å². The van der Waals surface area contributed by atoms with E-state index in [9.17, 15) is 4.79 Å². The minimum atomic E-state index is -0.493. The first-order chi connectivity index (χ1) is 8.45. The summed E-state index contributed by atoms with van der Waals surface area (Å²) in [6, 6.07) is 2.95. The van der Waals surface area contributed by atoms with E-state index in [-0.39, 0.29) is 15.6 Å². The van der Waals surface area contributed by atoms with Crippen LogP contribution in [-0.2, 0) is 4.74 Å². The molecule has 18 heavy (non-hydrogen) atoms. The van der Waals surface area contributed by atoms with E-state index in [2.05, 4.69) is 13.8 Å². The highest BCUT2D eigenvalue weighted by molar-refractivity contribution is 6.45. The first kappa shape index (κ1) is 15.6. The predicted molar refractivity (Wildman–Crippen MR) is 75.8 cm³/mol. The first-order valence-electron chi connectivity index (χ1n) is 5.77. The molecular weight excluding hydrogens is 294 g/mol. The monoisotopic (exact) mass is 308 g/mol. The standard InChI is InChI=1S/C13H15Cl3O2/c1-3-8(2)4-5-18-13(17)10-6-9(14)7-11(15)12(10)16/h6-8H,3-5H2,1-2H3. The van der Waals surface area contributed by atoms with E-state index in [0.717, 1.165) is 12.8 Å². The molecule has 100 valence electrons. The van der Waals surface area contributed by atoms with Gasteiger partial charge in [-0.3, -0.25) is 0 Å². The number of halogens is 3. The van der Waals surface area contributed by atoms with E-state index in [4.69, 9.17) is 39.5 Å². The Morgan fingerprint density at radius 3 is 2.61 bits per heavy atom. The lowest BCUT2D eigenvalue weighted by Gasteiger charge is -2.10.